The number of para-hydroxylation sites is 1. The van der Waals surface area contributed by atoms with Crippen LogP contribution in [0.4, 0.5) is 0 Å². The molecule has 0 atom stereocenters. The first-order valence-electron chi connectivity index (χ1n) is 7.43. The van der Waals surface area contributed by atoms with Gasteiger partial charge in [0.25, 0.3) is 0 Å². The maximum Gasteiger partial charge on any atom is 0.341 e. The predicted molar refractivity (Wildman–Crippen MR) is 97.6 cm³/mol. The molecule has 2 heterocycles. The maximum atomic E-state index is 12.2. The SMILES string of the molecule is COC(=O)c1cccnc1-n1c2ccccc2c2cc(Br)ccc21. The molecule has 0 unspecified atom stereocenters. The number of nitrogens with zero attached hydrogens (tertiary/aromatic N) is 2. The van der Waals surface area contributed by atoms with Gasteiger partial charge in [0.1, 0.15) is 5.56 Å². The first-order valence-corrected chi connectivity index (χ1v) is 8.22. The van der Waals surface area contributed by atoms with E-state index in [4.69, 9.17) is 4.74 Å². The number of ether oxygens (including phenoxy) is 1. The van der Waals surface area contributed by atoms with Crippen LogP contribution >= 0.6 is 15.9 Å². The van der Waals surface area contributed by atoms with E-state index < -0.39 is 5.97 Å². The summed E-state index contributed by atoms with van der Waals surface area (Å²) in [7, 11) is 1.38. The molecule has 4 rings (SSSR count). The standard InChI is InChI=1S/C19H13BrN2O2/c1-24-19(23)14-6-4-10-21-18(14)22-16-7-3-2-5-13(16)15-11-12(20)8-9-17(15)22/h2-11H,1H3. The Morgan fingerprint density at radius 1 is 1.04 bits per heavy atom. The van der Waals surface area contributed by atoms with Gasteiger partial charge in [0.15, 0.2) is 5.82 Å². The molecule has 0 spiro atoms. The van der Waals surface area contributed by atoms with Crippen LogP contribution in [0.3, 0.4) is 0 Å². The minimum atomic E-state index is -0.402. The van der Waals surface area contributed by atoms with E-state index >= 15 is 0 Å². The Balaban J connectivity index is 2.16. The van der Waals surface area contributed by atoms with Crippen LogP contribution in [0.1, 0.15) is 10.4 Å². The van der Waals surface area contributed by atoms with E-state index in [0.29, 0.717) is 11.4 Å². The van der Waals surface area contributed by atoms with Crippen molar-refractivity contribution >= 4 is 43.7 Å². The number of carbonyl (C=O) groups excluding carboxylic acids is 1. The molecule has 0 bridgehead atoms. The molecule has 118 valence electrons. The monoisotopic (exact) mass is 380 g/mol. The third-order valence-electron chi connectivity index (χ3n) is 4.04. The van der Waals surface area contributed by atoms with Crippen molar-refractivity contribution in [2.75, 3.05) is 7.11 Å². The average Bonchev–Trinajstić information content (AvgIpc) is 2.94. The molecule has 24 heavy (non-hydrogen) atoms. The minimum Gasteiger partial charge on any atom is -0.465 e. The van der Waals surface area contributed by atoms with Gasteiger partial charge in [-0.15, -0.1) is 0 Å². The van der Waals surface area contributed by atoms with Crippen LogP contribution in [0.15, 0.2) is 65.3 Å². The molecule has 0 saturated carbocycles. The number of hydrogen-bond acceptors (Lipinski definition) is 3. The summed E-state index contributed by atoms with van der Waals surface area (Å²) in [6.45, 7) is 0. The van der Waals surface area contributed by atoms with Gasteiger partial charge in [-0.2, -0.15) is 0 Å². The number of methoxy groups -OCH3 is 1. The number of carbonyl (C=O) groups is 1. The van der Waals surface area contributed by atoms with Crippen LogP contribution < -0.4 is 0 Å². The summed E-state index contributed by atoms with van der Waals surface area (Å²) in [6, 6.07) is 17.6. The molecule has 0 saturated heterocycles. The summed E-state index contributed by atoms with van der Waals surface area (Å²) in [4.78, 5) is 16.6. The van der Waals surface area contributed by atoms with Crippen molar-refractivity contribution < 1.29 is 9.53 Å². The lowest BCUT2D eigenvalue weighted by molar-refractivity contribution is 0.0600. The second-order valence-electron chi connectivity index (χ2n) is 5.38. The fourth-order valence-corrected chi connectivity index (χ4v) is 3.38. The van der Waals surface area contributed by atoms with E-state index in [1.807, 2.05) is 34.9 Å². The Morgan fingerprint density at radius 2 is 1.83 bits per heavy atom. The van der Waals surface area contributed by atoms with E-state index in [1.165, 1.54) is 7.11 Å². The number of rotatable bonds is 2. The summed E-state index contributed by atoms with van der Waals surface area (Å²) in [5.74, 6) is 0.166. The topological polar surface area (TPSA) is 44.1 Å². The first kappa shape index (κ1) is 14.9. The summed E-state index contributed by atoms with van der Waals surface area (Å²) >= 11 is 3.53. The Hall–Kier alpha value is -2.66. The normalized spacial score (nSPS) is 11.1. The summed E-state index contributed by atoms with van der Waals surface area (Å²) < 4.78 is 7.93. The number of esters is 1. The fourth-order valence-electron chi connectivity index (χ4n) is 3.02. The van der Waals surface area contributed by atoms with Crippen molar-refractivity contribution in [2.24, 2.45) is 0 Å². The lowest BCUT2D eigenvalue weighted by Gasteiger charge is -2.10. The van der Waals surface area contributed by atoms with Gasteiger partial charge in [0.2, 0.25) is 0 Å². The molecule has 0 aliphatic heterocycles. The van der Waals surface area contributed by atoms with Crippen molar-refractivity contribution in [3.63, 3.8) is 0 Å². The van der Waals surface area contributed by atoms with Gasteiger partial charge in [-0.3, -0.25) is 4.57 Å². The van der Waals surface area contributed by atoms with E-state index in [0.717, 1.165) is 26.3 Å². The van der Waals surface area contributed by atoms with E-state index in [1.54, 1.807) is 18.3 Å². The predicted octanol–water partition coefficient (Wildman–Crippen LogP) is 4.73. The minimum absolute atomic E-state index is 0.402. The smallest absolute Gasteiger partial charge is 0.341 e. The number of pyridine rings is 1. The quantitative estimate of drug-likeness (QED) is 0.472. The van der Waals surface area contributed by atoms with E-state index in [9.17, 15) is 4.79 Å². The molecule has 0 aliphatic rings. The van der Waals surface area contributed by atoms with Gasteiger partial charge in [-0.25, -0.2) is 9.78 Å². The van der Waals surface area contributed by atoms with Crippen LogP contribution in [0.2, 0.25) is 0 Å². The highest BCUT2D eigenvalue weighted by molar-refractivity contribution is 9.10. The van der Waals surface area contributed by atoms with Crippen molar-refractivity contribution in [1.82, 2.24) is 9.55 Å². The van der Waals surface area contributed by atoms with Gasteiger partial charge in [0.05, 0.1) is 18.1 Å². The maximum absolute atomic E-state index is 12.2. The highest BCUT2D eigenvalue weighted by Crippen LogP contribution is 2.33. The van der Waals surface area contributed by atoms with Crippen LogP contribution in [-0.4, -0.2) is 22.6 Å². The summed E-state index contributed by atoms with van der Waals surface area (Å²) in [5.41, 5.74) is 2.42. The highest BCUT2D eigenvalue weighted by Gasteiger charge is 2.19. The number of aromatic nitrogens is 2. The number of fused-ring (bicyclic) bond motifs is 3. The van der Waals surface area contributed by atoms with Gasteiger partial charge in [0, 0.05) is 21.4 Å². The zero-order chi connectivity index (χ0) is 16.7. The van der Waals surface area contributed by atoms with Crippen LogP contribution in [0.5, 0.6) is 0 Å². The molecule has 0 amide bonds. The summed E-state index contributed by atoms with van der Waals surface area (Å²) in [6.07, 6.45) is 1.68. The van der Waals surface area contributed by atoms with Crippen LogP contribution in [0, 0.1) is 0 Å². The first-order chi connectivity index (χ1) is 11.7. The highest BCUT2D eigenvalue weighted by atomic mass is 79.9. The molecule has 0 radical (unpaired) electrons. The second kappa shape index (κ2) is 5.76. The number of benzene rings is 2. The second-order valence-corrected chi connectivity index (χ2v) is 6.30. The van der Waals surface area contributed by atoms with Crippen molar-refractivity contribution in [3.05, 3.63) is 70.8 Å². The lowest BCUT2D eigenvalue weighted by Crippen LogP contribution is -2.09. The van der Waals surface area contributed by atoms with E-state index in [2.05, 4.69) is 33.0 Å². The van der Waals surface area contributed by atoms with Crippen molar-refractivity contribution in [1.29, 1.82) is 0 Å². The van der Waals surface area contributed by atoms with Crippen LogP contribution in [-0.2, 0) is 4.74 Å². The lowest BCUT2D eigenvalue weighted by atomic mass is 10.2. The Bertz CT molecular complexity index is 1090. The molecule has 0 aliphatic carbocycles. The molecule has 2 aromatic heterocycles. The molecular formula is C19H13BrN2O2. The third-order valence-corrected chi connectivity index (χ3v) is 4.53. The summed E-state index contributed by atoms with van der Waals surface area (Å²) in [5, 5.41) is 2.21. The Kier molecular flexibility index (Phi) is 3.58. The van der Waals surface area contributed by atoms with Gasteiger partial charge in [-0.05, 0) is 36.4 Å². The molecule has 4 nitrogen and oxygen atoms in total. The van der Waals surface area contributed by atoms with Crippen molar-refractivity contribution in [2.45, 2.75) is 0 Å². The zero-order valence-electron chi connectivity index (χ0n) is 12.9. The number of halogens is 1. The largest absolute Gasteiger partial charge is 0.465 e. The molecule has 4 aromatic rings. The molecule has 0 N–H and O–H groups in total. The number of hydrogen-bond donors (Lipinski definition) is 0. The average molecular weight is 381 g/mol. The van der Waals surface area contributed by atoms with Gasteiger partial charge >= 0.3 is 5.97 Å². The van der Waals surface area contributed by atoms with Gasteiger partial charge in [-0.1, -0.05) is 34.1 Å². The Morgan fingerprint density at radius 3 is 2.67 bits per heavy atom. The molecule has 2 aromatic carbocycles. The zero-order valence-corrected chi connectivity index (χ0v) is 14.4. The van der Waals surface area contributed by atoms with Gasteiger partial charge < -0.3 is 4.74 Å². The molecule has 5 heteroatoms. The van der Waals surface area contributed by atoms with Crippen molar-refractivity contribution in [3.8, 4) is 5.82 Å². The fraction of sp³-hybridized carbons (Fsp3) is 0.0526. The van der Waals surface area contributed by atoms with Crippen LogP contribution in [0.25, 0.3) is 27.6 Å². The molecule has 0 fully saturated rings. The third kappa shape index (κ3) is 2.20. The Labute approximate surface area is 146 Å². The van der Waals surface area contributed by atoms with E-state index in [-0.39, 0.29) is 0 Å². The molecular weight excluding hydrogens is 368 g/mol.